The van der Waals surface area contributed by atoms with Crippen molar-refractivity contribution in [2.45, 2.75) is 0 Å². The molecule has 0 spiro atoms. The van der Waals surface area contributed by atoms with Gasteiger partial charge in [0.2, 0.25) is 0 Å². The molecule has 0 atom stereocenters. The van der Waals surface area contributed by atoms with E-state index < -0.39 is 0 Å². The van der Waals surface area contributed by atoms with Gasteiger partial charge in [0, 0.05) is 29.7 Å². The number of aromatic amines is 2. The third-order valence-corrected chi connectivity index (χ3v) is 5.36. The zero-order valence-corrected chi connectivity index (χ0v) is 17.1. The lowest BCUT2D eigenvalue weighted by molar-refractivity contribution is 0.415. The summed E-state index contributed by atoms with van der Waals surface area (Å²) >= 11 is 0. The molecule has 6 rings (SSSR count). The Kier molecular flexibility index (Phi) is 4.14. The lowest BCUT2D eigenvalue weighted by Gasteiger charge is -2.04. The summed E-state index contributed by atoms with van der Waals surface area (Å²) in [5.74, 6) is 1.40. The molecule has 0 bridgehead atoms. The molecule has 32 heavy (non-hydrogen) atoms. The van der Waals surface area contributed by atoms with Crippen molar-refractivity contribution in [2.24, 2.45) is 0 Å². The van der Waals surface area contributed by atoms with Crippen LogP contribution < -0.4 is 4.74 Å². The second-order valence-electron chi connectivity index (χ2n) is 7.31. The summed E-state index contributed by atoms with van der Waals surface area (Å²) in [5.41, 5.74) is 7.50. The van der Waals surface area contributed by atoms with Gasteiger partial charge in [-0.05, 0) is 42.0 Å². The summed E-state index contributed by atoms with van der Waals surface area (Å²) in [6.07, 6.45) is 7.11. The maximum atomic E-state index is 5.37. The molecule has 8 heteroatoms. The number of H-pyrrole nitrogens is 2. The molecular weight excluding hydrogens is 402 g/mol. The SMILES string of the molecule is COc1cccc(-c2cncc3[nH]c(-c4n[nH]c5ccc(-c6cccnc6)nc45)nc23)c1. The Bertz CT molecular complexity index is 1570. The average Bonchev–Trinajstić information content (AvgIpc) is 3.48. The first kappa shape index (κ1) is 18.2. The van der Waals surface area contributed by atoms with Crippen molar-refractivity contribution in [2.75, 3.05) is 7.11 Å². The number of hydrogen-bond donors (Lipinski definition) is 2. The van der Waals surface area contributed by atoms with Crippen LogP contribution in [-0.2, 0) is 0 Å². The summed E-state index contributed by atoms with van der Waals surface area (Å²) in [5, 5.41) is 7.54. The van der Waals surface area contributed by atoms with Crippen LogP contribution in [0.1, 0.15) is 0 Å². The second-order valence-corrected chi connectivity index (χ2v) is 7.31. The third-order valence-electron chi connectivity index (χ3n) is 5.36. The first-order valence-corrected chi connectivity index (χ1v) is 10.0. The zero-order valence-electron chi connectivity index (χ0n) is 17.1. The molecule has 0 aliphatic carbocycles. The number of fused-ring (bicyclic) bond motifs is 2. The van der Waals surface area contributed by atoms with Gasteiger partial charge >= 0.3 is 0 Å². The Hall–Kier alpha value is -4.59. The van der Waals surface area contributed by atoms with Gasteiger partial charge in [0.25, 0.3) is 0 Å². The Morgan fingerprint density at radius 3 is 2.62 bits per heavy atom. The number of nitrogens with one attached hydrogen (secondary N) is 2. The highest BCUT2D eigenvalue weighted by Crippen LogP contribution is 2.32. The molecule has 0 aliphatic rings. The van der Waals surface area contributed by atoms with Crippen molar-refractivity contribution in [3.8, 4) is 39.7 Å². The van der Waals surface area contributed by atoms with E-state index >= 15 is 0 Å². The van der Waals surface area contributed by atoms with E-state index in [1.165, 1.54) is 0 Å². The van der Waals surface area contributed by atoms with Crippen LogP contribution in [0.3, 0.4) is 0 Å². The van der Waals surface area contributed by atoms with Crippen LogP contribution in [0.25, 0.3) is 56.0 Å². The predicted octanol–water partition coefficient (Wildman–Crippen LogP) is 4.63. The highest BCUT2D eigenvalue weighted by molar-refractivity contribution is 5.95. The number of ether oxygens (including phenoxy) is 1. The highest BCUT2D eigenvalue weighted by atomic mass is 16.5. The van der Waals surface area contributed by atoms with E-state index in [0.717, 1.165) is 50.2 Å². The van der Waals surface area contributed by atoms with Gasteiger partial charge in [-0.25, -0.2) is 9.97 Å². The molecule has 0 saturated heterocycles. The molecule has 0 saturated carbocycles. The monoisotopic (exact) mass is 419 g/mol. The van der Waals surface area contributed by atoms with Crippen LogP contribution in [0, 0.1) is 0 Å². The Balaban J connectivity index is 1.50. The molecular formula is C24H17N7O. The summed E-state index contributed by atoms with van der Waals surface area (Å²) < 4.78 is 5.37. The molecule has 8 nitrogen and oxygen atoms in total. The maximum absolute atomic E-state index is 5.37. The standard InChI is InChI=1S/C24H17N7O/c1-32-16-6-2-4-14(10-16)17-12-26-13-20-21(17)29-24(28-20)23-22-19(30-31-23)8-7-18(27-22)15-5-3-9-25-11-15/h2-13H,1H3,(H,28,29)(H,30,31). The lowest BCUT2D eigenvalue weighted by Crippen LogP contribution is -1.87. The third kappa shape index (κ3) is 2.97. The van der Waals surface area contributed by atoms with Crippen LogP contribution >= 0.6 is 0 Å². The van der Waals surface area contributed by atoms with E-state index in [9.17, 15) is 0 Å². The number of hydrogen-bond acceptors (Lipinski definition) is 6. The van der Waals surface area contributed by atoms with Gasteiger partial charge in [-0.15, -0.1) is 0 Å². The summed E-state index contributed by atoms with van der Waals surface area (Å²) in [7, 11) is 1.65. The van der Waals surface area contributed by atoms with Crippen molar-refractivity contribution in [3.63, 3.8) is 0 Å². The molecule has 0 unspecified atom stereocenters. The van der Waals surface area contributed by atoms with Crippen molar-refractivity contribution in [1.29, 1.82) is 0 Å². The van der Waals surface area contributed by atoms with E-state index in [2.05, 4.69) is 25.1 Å². The van der Waals surface area contributed by atoms with E-state index in [1.807, 2.05) is 54.7 Å². The van der Waals surface area contributed by atoms with Crippen LogP contribution in [0.4, 0.5) is 0 Å². The zero-order chi connectivity index (χ0) is 21.5. The molecule has 5 aromatic heterocycles. The molecule has 0 aliphatic heterocycles. The Morgan fingerprint density at radius 2 is 1.75 bits per heavy atom. The lowest BCUT2D eigenvalue weighted by atomic mass is 10.1. The van der Waals surface area contributed by atoms with Crippen LogP contribution in [0.5, 0.6) is 5.75 Å². The van der Waals surface area contributed by atoms with E-state index in [0.29, 0.717) is 11.5 Å². The fourth-order valence-corrected chi connectivity index (χ4v) is 3.79. The number of benzene rings is 1. The van der Waals surface area contributed by atoms with Crippen LogP contribution in [-0.4, -0.2) is 42.2 Å². The molecule has 154 valence electrons. The van der Waals surface area contributed by atoms with Crippen molar-refractivity contribution < 1.29 is 4.74 Å². The minimum absolute atomic E-state index is 0.624. The molecule has 0 amide bonds. The number of nitrogens with zero attached hydrogens (tertiary/aromatic N) is 5. The number of rotatable bonds is 4. The van der Waals surface area contributed by atoms with Gasteiger partial charge in [-0.3, -0.25) is 15.1 Å². The molecule has 1 aromatic carbocycles. The smallest absolute Gasteiger partial charge is 0.161 e. The number of pyridine rings is 3. The topological polar surface area (TPSA) is 105 Å². The first-order valence-electron chi connectivity index (χ1n) is 10.0. The van der Waals surface area contributed by atoms with Gasteiger partial charge in [0.1, 0.15) is 11.3 Å². The second kappa shape index (κ2) is 7.28. The van der Waals surface area contributed by atoms with Crippen molar-refractivity contribution in [3.05, 3.63) is 73.3 Å². The molecule has 5 heterocycles. The first-order chi connectivity index (χ1) is 15.8. The van der Waals surface area contributed by atoms with E-state index in [4.69, 9.17) is 14.7 Å². The normalized spacial score (nSPS) is 11.3. The van der Waals surface area contributed by atoms with E-state index in [-0.39, 0.29) is 0 Å². The molecule has 2 N–H and O–H groups in total. The molecule has 6 aromatic rings. The molecule has 0 radical (unpaired) electrons. The van der Waals surface area contributed by atoms with Gasteiger partial charge < -0.3 is 9.72 Å². The van der Waals surface area contributed by atoms with Crippen molar-refractivity contribution in [1.82, 2.24) is 35.1 Å². The number of methoxy groups -OCH3 is 1. The fraction of sp³-hybridized carbons (Fsp3) is 0.0417. The summed E-state index contributed by atoms with van der Waals surface area (Å²) in [6.45, 7) is 0. The Labute approximate surface area is 182 Å². The minimum atomic E-state index is 0.624. The van der Waals surface area contributed by atoms with Gasteiger partial charge in [-0.1, -0.05) is 12.1 Å². The van der Waals surface area contributed by atoms with Crippen molar-refractivity contribution >= 4 is 22.1 Å². The van der Waals surface area contributed by atoms with Gasteiger partial charge in [-0.2, -0.15) is 5.10 Å². The van der Waals surface area contributed by atoms with Gasteiger partial charge in [0.05, 0.1) is 35.6 Å². The number of aromatic nitrogens is 7. The average molecular weight is 419 g/mol. The quantitative estimate of drug-likeness (QED) is 0.431. The highest BCUT2D eigenvalue weighted by Gasteiger charge is 2.17. The summed E-state index contributed by atoms with van der Waals surface area (Å²) in [6, 6.07) is 15.6. The van der Waals surface area contributed by atoms with E-state index in [1.54, 1.807) is 25.7 Å². The van der Waals surface area contributed by atoms with Gasteiger partial charge in [0.15, 0.2) is 11.5 Å². The van der Waals surface area contributed by atoms with Crippen LogP contribution in [0.2, 0.25) is 0 Å². The predicted molar refractivity (Wildman–Crippen MR) is 122 cm³/mol. The minimum Gasteiger partial charge on any atom is -0.497 e. The molecule has 0 fully saturated rings. The Morgan fingerprint density at radius 1 is 0.812 bits per heavy atom. The number of imidazole rings is 1. The fourth-order valence-electron chi connectivity index (χ4n) is 3.79. The largest absolute Gasteiger partial charge is 0.497 e. The summed E-state index contributed by atoms with van der Waals surface area (Å²) in [4.78, 5) is 21.6. The van der Waals surface area contributed by atoms with Crippen LogP contribution in [0.15, 0.2) is 73.3 Å². The maximum Gasteiger partial charge on any atom is 0.161 e.